The van der Waals surface area contributed by atoms with Crippen molar-refractivity contribution in [1.82, 2.24) is 0 Å². The van der Waals surface area contributed by atoms with E-state index in [0.717, 1.165) is 64.2 Å². The van der Waals surface area contributed by atoms with Crippen LogP contribution >= 0.6 is 0 Å². The first-order chi connectivity index (χ1) is 22.2. The fourth-order valence-corrected chi connectivity index (χ4v) is 5.32. The van der Waals surface area contributed by atoms with Crippen LogP contribution < -0.4 is 0 Å². The van der Waals surface area contributed by atoms with Crippen molar-refractivity contribution in [2.24, 2.45) is 0 Å². The highest BCUT2D eigenvalue weighted by molar-refractivity contribution is 5.69. The van der Waals surface area contributed by atoms with Gasteiger partial charge in [-0.2, -0.15) is 0 Å². The van der Waals surface area contributed by atoms with E-state index in [2.05, 4.69) is 62.5 Å². The molecule has 0 aliphatic heterocycles. The number of hydrogen-bond donors (Lipinski definition) is 1. The first-order valence-electron chi connectivity index (χ1n) is 19.2. The zero-order chi connectivity index (χ0) is 32.7. The van der Waals surface area contributed by atoms with Gasteiger partial charge in [-0.15, -0.1) is 0 Å². The molecule has 4 nitrogen and oxygen atoms in total. The lowest BCUT2D eigenvalue weighted by molar-refractivity contribution is -0.154. The van der Waals surface area contributed by atoms with Crippen LogP contribution in [0.1, 0.15) is 181 Å². The molecule has 0 aromatic heterocycles. The van der Waals surface area contributed by atoms with Gasteiger partial charge in [0.2, 0.25) is 0 Å². The van der Waals surface area contributed by atoms with Gasteiger partial charge < -0.3 is 14.6 Å². The van der Waals surface area contributed by atoms with E-state index in [9.17, 15) is 9.90 Å². The Kier molecular flexibility index (Phi) is 37.1. The molecule has 0 saturated carbocycles. The zero-order valence-electron chi connectivity index (χ0n) is 29.9. The SMILES string of the molecule is CC/C=C\C/C=C\C/C=C\C/C=C\CCCCCCC(=O)OC(CO)COCCCCCCCCCCCCCCCCCC. The Balaban J connectivity index is 3.49. The Bertz CT molecular complexity index is 708. The molecule has 262 valence electrons. The summed E-state index contributed by atoms with van der Waals surface area (Å²) in [6.07, 6.45) is 48.7. The minimum absolute atomic E-state index is 0.181. The van der Waals surface area contributed by atoms with Crippen molar-refractivity contribution >= 4 is 5.97 Å². The second kappa shape index (κ2) is 38.5. The number of allylic oxidation sites excluding steroid dienone is 8. The van der Waals surface area contributed by atoms with Crippen LogP contribution in [0.5, 0.6) is 0 Å². The van der Waals surface area contributed by atoms with E-state index in [1.165, 1.54) is 96.3 Å². The molecule has 0 saturated heterocycles. The summed E-state index contributed by atoms with van der Waals surface area (Å²) in [4.78, 5) is 12.2. The lowest BCUT2D eigenvalue weighted by atomic mass is 10.0. The Labute approximate surface area is 280 Å². The molecular weight excluding hydrogens is 556 g/mol. The number of esters is 1. The van der Waals surface area contributed by atoms with Crippen molar-refractivity contribution in [2.45, 2.75) is 187 Å². The quantitative estimate of drug-likeness (QED) is 0.0430. The summed E-state index contributed by atoms with van der Waals surface area (Å²) in [5, 5.41) is 9.57. The molecule has 0 radical (unpaired) electrons. The molecule has 0 heterocycles. The molecule has 4 heteroatoms. The van der Waals surface area contributed by atoms with Crippen LogP contribution in [0.4, 0.5) is 0 Å². The molecule has 0 rings (SSSR count). The fourth-order valence-electron chi connectivity index (χ4n) is 5.32. The van der Waals surface area contributed by atoms with Gasteiger partial charge in [-0.1, -0.05) is 172 Å². The lowest BCUT2D eigenvalue weighted by Gasteiger charge is -2.15. The Hall–Kier alpha value is -1.65. The molecule has 0 spiro atoms. The van der Waals surface area contributed by atoms with E-state index in [0.29, 0.717) is 13.0 Å². The number of unbranched alkanes of at least 4 members (excludes halogenated alkanes) is 19. The van der Waals surface area contributed by atoms with Crippen molar-refractivity contribution in [1.29, 1.82) is 0 Å². The van der Waals surface area contributed by atoms with Crippen LogP contribution in [0.25, 0.3) is 0 Å². The zero-order valence-corrected chi connectivity index (χ0v) is 29.9. The van der Waals surface area contributed by atoms with Crippen LogP contribution in [0.3, 0.4) is 0 Å². The molecule has 1 unspecified atom stereocenters. The second-order valence-electron chi connectivity index (χ2n) is 12.6. The topological polar surface area (TPSA) is 55.8 Å². The first-order valence-corrected chi connectivity index (χ1v) is 19.2. The summed E-state index contributed by atoms with van der Waals surface area (Å²) >= 11 is 0. The van der Waals surface area contributed by atoms with Crippen LogP contribution in [-0.4, -0.2) is 37.0 Å². The summed E-state index contributed by atoms with van der Waals surface area (Å²) in [6.45, 7) is 5.22. The van der Waals surface area contributed by atoms with Gasteiger partial charge >= 0.3 is 5.97 Å². The smallest absolute Gasteiger partial charge is 0.306 e. The molecule has 1 atom stereocenters. The van der Waals surface area contributed by atoms with E-state index in [-0.39, 0.29) is 19.2 Å². The van der Waals surface area contributed by atoms with E-state index >= 15 is 0 Å². The molecule has 0 amide bonds. The number of aliphatic hydroxyl groups is 1. The monoisotopic (exact) mass is 631 g/mol. The highest BCUT2D eigenvalue weighted by atomic mass is 16.6. The Morgan fingerprint density at radius 3 is 1.51 bits per heavy atom. The van der Waals surface area contributed by atoms with Crippen molar-refractivity contribution < 1.29 is 19.4 Å². The molecule has 0 aliphatic rings. The van der Waals surface area contributed by atoms with Gasteiger partial charge in [-0.3, -0.25) is 4.79 Å². The van der Waals surface area contributed by atoms with Gasteiger partial charge in [0.25, 0.3) is 0 Å². The van der Waals surface area contributed by atoms with Gasteiger partial charge in [0.05, 0.1) is 13.2 Å². The number of hydrogen-bond acceptors (Lipinski definition) is 4. The molecule has 0 aliphatic carbocycles. The fraction of sp³-hybridized carbons (Fsp3) is 0.780. The van der Waals surface area contributed by atoms with Crippen LogP contribution in [0.2, 0.25) is 0 Å². The van der Waals surface area contributed by atoms with Gasteiger partial charge in [-0.25, -0.2) is 0 Å². The maximum Gasteiger partial charge on any atom is 0.306 e. The van der Waals surface area contributed by atoms with Gasteiger partial charge in [0, 0.05) is 13.0 Å². The standard InChI is InChI=1S/C41H74O4/c1-3-5-7-9-11-13-15-17-19-21-22-24-26-28-30-32-34-36-41(43)45-40(38-42)39-44-37-35-33-31-29-27-25-23-20-18-16-14-12-10-8-6-4-2/h5,7,11,13,17,19,22,24,40,42H,3-4,6,8-10,12,14-16,18,20-21,23,25-39H2,1-2H3/b7-5-,13-11-,19-17-,24-22-. The first kappa shape index (κ1) is 43.4. The number of ether oxygens (including phenoxy) is 2. The van der Waals surface area contributed by atoms with Gasteiger partial charge in [-0.05, 0) is 51.4 Å². The molecule has 0 fully saturated rings. The summed E-state index contributed by atoms with van der Waals surface area (Å²) in [5.74, 6) is -0.223. The van der Waals surface area contributed by atoms with Crippen molar-refractivity contribution in [2.75, 3.05) is 19.8 Å². The molecule has 0 bridgehead atoms. The third kappa shape index (κ3) is 36.7. The lowest BCUT2D eigenvalue weighted by Crippen LogP contribution is -2.27. The predicted octanol–water partition coefficient (Wildman–Crippen LogP) is 12.3. The largest absolute Gasteiger partial charge is 0.457 e. The summed E-state index contributed by atoms with van der Waals surface area (Å²) < 4.78 is 11.1. The highest BCUT2D eigenvalue weighted by Gasteiger charge is 2.13. The molecule has 0 aromatic carbocycles. The highest BCUT2D eigenvalue weighted by Crippen LogP contribution is 2.14. The van der Waals surface area contributed by atoms with Crippen molar-refractivity contribution in [3.63, 3.8) is 0 Å². The number of carbonyl (C=O) groups is 1. The maximum atomic E-state index is 12.2. The van der Waals surface area contributed by atoms with Gasteiger partial charge in [0.15, 0.2) is 0 Å². The minimum Gasteiger partial charge on any atom is -0.457 e. The van der Waals surface area contributed by atoms with E-state index < -0.39 is 6.10 Å². The normalized spacial score (nSPS) is 12.9. The average molecular weight is 631 g/mol. The van der Waals surface area contributed by atoms with Crippen molar-refractivity contribution in [3.8, 4) is 0 Å². The van der Waals surface area contributed by atoms with E-state index in [4.69, 9.17) is 9.47 Å². The molecule has 1 N–H and O–H groups in total. The third-order valence-corrected chi connectivity index (χ3v) is 8.17. The minimum atomic E-state index is -0.545. The Morgan fingerprint density at radius 2 is 1.00 bits per heavy atom. The van der Waals surface area contributed by atoms with Crippen LogP contribution in [0, 0.1) is 0 Å². The summed E-state index contributed by atoms with van der Waals surface area (Å²) in [7, 11) is 0. The van der Waals surface area contributed by atoms with Gasteiger partial charge in [0.1, 0.15) is 6.10 Å². The maximum absolute atomic E-state index is 12.2. The number of aliphatic hydroxyl groups excluding tert-OH is 1. The molecule has 0 aromatic rings. The Morgan fingerprint density at radius 1 is 0.556 bits per heavy atom. The number of rotatable bonds is 35. The van der Waals surface area contributed by atoms with Crippen LogP contribution in [0.15, 0.2) is 48.6 Å². The van der Waals surface area contributed by atoms with Crippen LogP contribution in [-0.2, 0) is 14.3 Å². The summed E-state index contributed by atoms with van der Waals surface area (Å²) in [5.41, 5.74) is 0. The third-order valence-electron chi connectivity index (χ3n) is 8.17. The predicted molar refractivity (Wildman–Crippen MR) is 196 cm³/mol. The second-order valence-corrected chi connectivity index (χ2v) is 12.6. The molecule has 45 heavy (non-hydrogen) atoms. The van der Waals surface area contributed by atoms with E-state index in [1.54, 1.807) is 0 Å². The van der Waals surface area contributed by atoms with E-state index in [1.807, 2.05) is 0 Å². The van der Waals surface area contributed by atoms with Crippen molar-refractivity contribution in [3.05, 3.63) is 48.6 Å². The number of carbonyl (C=O) groups excluding carboxylic acids is 1. The summed E-state index contributed by atoms with van der Waals surface area (Å²) in [6, 6.07) is 0. The molecular formula is C41H74O4. The average Bonchev–Trinajstić information content (AvgIpc) is 3.05.